The third kappa shape index (κ3) is 6.32. The van der Waals surface area contributed by atoms with Crippen molar-refractivity contribution in [1.82, 2.24) is 9.88 Å². The van der Waals surface area contributed by atoms with E-state index in [1.807, 2.05) is 41.3 Å². The van der Waals surface area contributed by atoms with E-state index in [0.717, 1.165) is 16.1 Å². The van der Waals surface area contributed by atoms with Crippen LogP contribution in [0.5, 0.6) is 0 Å². The monoisotopic (exact) mass is 520 g/mol. The first-order valence-electron chi connectivity index (χ1n) is 12.3. The number of aliphatic imine (C=N–C) groups is 1. The van der Waals surface area contributed by atoms with Crippen molar-refractivity contribution in [2.75, 3.05) is 24.1 Å². The van der Waals surface area contributed by atoms with Gasteiger partial charge in [0.25, 0.3) is 12.5 Å². The molecule has 0 unspecified atom stereocenters. The first-order valence-corrected chi connectivity index (χ1v) is 13.2. The summed E-state index contributed by atoms with van der Waals surface area (Å²) in [4.78, 5) is 36.1. The number of hydrogen-bond donors (Lipinski definition) is 2. The van der Waals surface area contributed by atoms with Crippen LogP contribution in [0.3, 0.4) is 0 Å². The van der Waals surface area contributed by atoms with Gasteiger partial charge >= 0.3 is 0 Å². The van der Waals surface area contributed by atoms with Gasteiger partial charge in [-0.1, -0.05) is 45.9 Å². The Morgan fingerprint density at radius 3 is 2.49 bits per heavy atom. The quantitative estimate of drug-likeness (QED) is 0.137. The highest BCUT2D eigenvalue weighted by Crippen LogP contribution is 2.29. The number of carbonyl (C=O) groups is 1. The van der Waals surface area contributed by atoms with Gasteiger partial charge in [-0.15, -0.1) is 11.3 Å². The SMILES string of the molecule is CC(C)c1ccc(N=C(C[N+](=O)[O-])N2CCc3nc(C(=O)Nc4cc(C(C)C)ccc4N)sc3C2)cc1. The summed E-state index contributed by atoms with van der Waals surface area (Å²) in [7, 11) is 0. The molecule has 0 aliphatic carbocycles. The van der Waals surface area contributed by atoms with E-state index in [4.69, 9.17) is 5.73 Å². The second-order valence-electron chi connectivity index (χ2n) is 9.78. The van der Waals surface area contributed by atoms with Gasteiger partial charge in [-0.25, -0.2) is 9.98 Å². The Labute approximate surface area is 220 Å². The van der Waals surface area contributed by atoms with Crippen molar-refractivity contribution in [3.63, 3.8) is 0 Å². The predicted molar refractivity (Wildman–Crippen MR) is 149 cm³/mol. The van der Waals surface area contributed by atoms with Gasteiger partial charge in [0.2, 0.25) is 0 Å². The Balaban J connectivity index is 1.53. The van der Waals surface area contributed by atoms with Crippen LogP contribution < -0.4 is 11.1 Å². The predicted octanol–water partition coefficient (Wildman–Crippen LogP) is 5.59. The zero-order valence-corrected chi connectivity index (χ0v) is 22.3. The lowest BCUT2D eigenvalue weighted by Gasteiger charge is -2.27. The molecule has 37 heavy (non-hydrogen) atoms. The molecule has 194 valence electrons. The van der Waals surface area contributed by atoms with Gasteiger partial charge in [-0.05, 0) is 47.2 Å². The fraction of sp³-hybridized carbons (Fsp3) is 0.370. The lowest BCUT2D eigenvalue weighted by atomic mass is 10.0. The van der Waals surface area contributed by atoms with Crippen LogP contribution in [0.1, 0.15) is 71.0 Å². The van der Waals surface area contributed by atoms with Crippen molar-refractivity contribution in [3.8, 4) is 0 Å². The van der Waals surface area contributed by atoms with Crippen molar-refractivity contribution in [1.29, 1.82) is 0 Å². The number of amidine groups is 1. The lowest BCUT2D eigenvalue weighted by Crippen LogP contribution is -2.39. The molecule has 9 nitrogen and oxygen atoms in total. The van der Waals surface area contributed by atoms with Crippen LogP contribution in [0.15, 0.2) is 47.5 Å². The normalized spacial score (nSPS) is 13.7. The maximum Gasteiger partial charge on any atom is 0.284 e. The van der Waals surface area contributed by atoms with Crippen molar-refractivity contribution >= 4 is 40.1 Å². The van der Waals surface area contributed by atoms with Gasteiger partial charge in [0, 0.05) is 22.8 Å². The number of hydrogen-bond acceptors (Lipinski definition) is 7. The van der Waals surface area contributed by atoms with Gasteiger partial charge in [-0.3, -0.25) is 14.9 Å². The number of nitro groups is 1. The number of aromatic nitrogens is 1. The summed E-state index contributed by atoms with van der Waals surface area (Å²) in [6.07, 6.45) is 0.576. The summed E-state index contributed by atoms with van der Waals surface area (Å²) in [6, 6.07) is 13.4. The summed E-state index contributed by atoms with van der Waals surface area (Å²) >= 11 is 1.30. The van der Waals surface area contributed by atoms with Crippen molar-refractivity contribution in [2.45, 2.75) is 52.5 Å². The fourth-order valence-corrected chi connectivity index (χ4v) is 5.15. The first kappa shape index (κ1) is 26.3. The number of nitrogen functional groups attached to an aromatic ring is 1. The molecule has 3 aromatic rings. The second kappa shape index (κ2) is 11.1. The number of fused-ring (bicyclic) bond motifs is 1. The van der Waals surface area contributed by atoms with Crippen LogP contribution >= 0.6 is 11.3 Å². The number of nitrogens with one attached hydrogen (secondary N) is 1. The Hall–Kier alpha value is -3.79. The molecular weight excluding hydrogens is 488 g/mol. The number of nitrogens with zero attached hydrogens (tertiary/aromatic N) is 4. The van der Waals surface area contributed by atoms with E-state index in [0.29, 0.717) is 59.3 Å². The minimum absolute atomic E-state index is 0.303. The third-order valence-corrected chi connectivity index (χ3v) is 7.45. The number of anilines is 2. The largest absolute Gasteiger partial charge is 0.397 e. The van der Waals surface area contributed by atoms with Crippen LogP contribution in [0, 0.1) is 10.1 Å². The molecule has 1 aromatic heterocycles. The zero-order valence-electron chi connectivity index (χ0n) is 21.5. The molecule has 1 aliphatic heterocycles. The minimum atomic E-state index is -0.376. The highest BCUT2D eigenvalue weighted by Gasteiger charge is 2.27. The smallest absolute Gasteiger partial charge is 0.284 e. The summed E-state index contributed by atoms with van der Waals surface area (Å²) in [6.45, 7) is 8.97. The topological polar surface area (TPSA) is 127 Å². The van der Waals surface area contributed by atoms with Crippen molar-refractivity contribution in [2.24, 2.45) is 4.99 Å². The standard InChI is InChI=1S/C27H32N6O3S/c1-16(2)18-5-8-20(9-6-18)29-25(15-33(35)36)32-12-11-22-24(14-32)37-27(31-22)26(34)30-23-13-19(17(3)4)7-10-21(23)28/h5-10,13,16-17H,11-12,14-15,28H2,1-4H3,(H,30,34). The Kier molecular flexibility index (Phi) is 7.87. The zero-order chi connectivity index (χ0) is 26.7. The Morgan fingerprint density at radius 2 is 1.84 bits per heavy atom. The number of nitrogens with two attached hydrogens (primary N) is 1. The molecule has 0 fully saturated rings. The van der Waals surface area contributed by atoms with Crippen LogP contribution in [0.25, 0.3) is 0 Å². The van der Waals surface area contributed by atoms with Crippen molar-refractivity contribution < 1.29 is 9.72 Å². The van der Waals surface area contributed by atoms with Gasteiger partial charge in [0.1, 0.15) is 0 Å². The van der Waals surface area contributed by atoms with Gasteiger partial charge in [0.15, 0.2) is 10.8 Å². The molecule has 10 heteroatoms. The average Bonchev–Trinajstić information content (AvgIpc) is 3.28. The Morgan fingerprint density at radius 1 is 1.16 bits per heavy atom. The maximum atomic E-state index is 13.0. The summed E-state index contributed by atoms with van der Waals surface area (Å²) in [5.74, 6) is 0.774. The lowest BCUT2D eigenvalue weighted by molar-refractivity contribution is -0.464. The molecule has 0 atom stereocenters. The van der Waals surface area contributed by atoms with E-state index >= 15 is 0 Å². The number of benzene rings is 2. The summed E-state index contributed by atoms with van der Waals surface area (Å²) in [5, 5.41) is 14.7. The summed E-state index contributed by atoms with van der Waals surface area (Å²) < 4.78 is 0. The number of rotatable bonds is 7. The fourth-order valence-electron chi connectivity index (χ4n) is 4.13. The highest BCUT2D eigenvalue weighted by molar-refractivity contribution is 7.13. The van der Waals surface area contributed by atoms with E-state index in [2.05, 4.69) is 43.0 Å². The molecule has 1 amide bonds. The van der Waals surface area contributed by atoms with E-state index in [9.17, 15) is 14.9 Å². The molecule has 4 rings (SSSR count). The van der Waals surface area contributed by atoms with Crippen LogP contribution in [0.4, 0.5) is 17.1 Å². The molecule has 2 aromatic carbocycles. The molecular formula is C27H32N6O3S. The number of amides is 1. The molecule has 0 spiro atoms. The van der Waals surface area contributed by atoms with E-state index in [1.165, 1.54) is 16.9 Å². The van der Waals surface area contributed by atoms with E-state index in [1.54, 1.807) is 6.07 Å². The molecule has 0 radical (unpaired) electrons. The minimum Gasteiger partial charge on any atom is -0.397 e. The molecule has 3 N–H and O–H groups in total. The summed E-state index contributed by atoms with van der Waals surface area (Å²) in [5.41, 5.74) is 10.9. The molecule has 0 bridgehead atoms. The number of carbonyl (C=O) groups excluding carboxylic acids is 1. The Bertz CT molecular complexity index is 1330. The molecule has 0 saturated heterocycles. The van der Waals surface area contributed by atoms with Gasteiger partial charge in [0.05, 0.1) is 29.3 Å². The average molecular weight is 521 g/mol. The van der Waals surface area contributed by atoms with Gasteiger partial charge in [-0.2, -0.15) is 0 Å². The third-order valence-electron chi connectivity index (χ3n) is 6.37. The second-order valence-corrected chi connectivity index (χ2v) is 10.9. The van der Waals surface area contributed by atoms with Crippen molar-refractivity contribution in [3.05, 3.63) is 79.3 Å². The van der Waals surface area contributed by atoms with Gasteiger partial charge < -0.3 is 16.0 Å². The highest BCUT2D eigenvalue weighted by atomic mass is 32.1. The van der Waals surface area contributed by atoms with Crippen LogP contribution in [-0.2, 0) is 13.0 Å². The molecule has 1 aliphatic rings. The molecule has 2 heterocycles. The van der Waals surface area contributed by atoms with E-state index in [-0.39, 0.29) is 17.4 Å². The van der Waals surface area contributed by atoms with Crippen LogP contribution in [0.2, 0.25) is 0 Å². The first-order chi connectivity index (χ1) is 17.6. The van der Waals surface area contributed by atoms with Crippen LogP contribution in [-0.4, -0.2) is 39.6 Å². The maximum absolute atomic E-state index is 13.0. The van der Waals surface area contributed by atoms with E-state index < -0.39 is 0 Å². The molecule has 0 saturated carbocycles. The number of thiazole rings is 1.